The van der Waals surface area contributed by atoms with Crippen LogP contribution in [0.4, 0.5) is 22.1 Å². The predicted molar refractivity (Wildman–Crippen MR) is 173 cm³/mol. The average molecular weight is 601 g/mol. The second kappa shape index (κ2) is 14.6. The number of aryl methyl sites for hydroxylation is 1. The van der Waals surface area contributed by atoms with E-state index in [2.05, 4.69) is 34.4 Å². The van der Waals surface area contributed by atoms with Crippen molar-refractivity contribution in [3.63, 3.8) is 0 Å². The summed E-state index contributed by atoms with van der Waals surface area (Å²) in [7, 11) is 1.81. The van der Waals surface area contributed by atoms with Gasteiger partial charge in [0.2, 0.25) is 11.8 Å². The van der Waals surface area contributed by atoms with Gasteiger partial charge in [0.05, 0.1) is 16.4 Å². The highest BCUT2D eigenvalue weighted by Crippen LogP contribution is 2.29. The molecule has 224 valence electrons. The number of aromatic nitrogens is 2. The lowest BCUT2D eigenvalue weighted by atomic mass is 10.0. The molecule has 4 rings (SSSR count). The van der Waals surface area contributed by atoms with E-state index < -0.39 is 6.09 Å². The van der Waals surface area contributed by atoms with E-state index in [9.17, 15) is 9.59 Å². The summed E-state index contributed by atoms with van der Waals surface area (Å²) in [5.41, 5.74) is 5.30. The van der Waals surface area contributed by atoms with Crippen LogP contribution >= 0.6 is 11.6 Å². The first kappa shape index (κ1) is 31.5. The Morgan fingerprint density at radius 2 is 1.63 bits per heavy atom. The van der Waals surface area contributed by atoms with Gasteiger partial charge in [-0.1, -0.05) is 55.8 Å². The lowest BCUT2D eigenvalue weighted by molar-refractivity contribution is 0.0779. The van der Waals surface area contributed by atoms with Crippen LogP contribution in [0, 0.1) is 13.8 Å². The van der Waals surface area contributed by atoms with Crippen LogP contribution in [0.25, 0.3) is 11.3 Å². The maximum Gasteiger partial charge on any atom is 0.418 e. The summed E-state index contributed by atoms with van der Waals surface area (Å²) in [6.45, 7) is 11.6. The van der Waals surface area contributed by atoms with E-state index in [1.165, 1.54) is 0 Å². The highest BCUT2D eigenvalue weighted by molar-refractivity contribution is 6.33. The number of nitrogens with one attached hydrogen (secondary N) is 2. The number of nitrogens with zero attached hydrogens (tertiary/aromatic N) is 4. The second-order valence-electron chi connectivity index (χ2n) is 10.1. The molecule has 0 aliphatic heterocycles. The summed E-state index contributed by atoms with van der Waals surface area (Å²) >= 11 is 6.18. The average Bonchev–Trinajstić information content (AvgIpc) is 3.00. The Balaban J connectivity index is 1.55. The lowest BCUT2D eigenvalue weighted by Gasteiger charge is -2.23. The molecule has 9 nitrogen and oxygen atoms in total. The van der Waals surface area contributed by atoms with Gasteiger partial charge in [-0.05, 0) is 74.5 Å². The van der Waals surface area contributed by atoms with Crippen molar-refractivity contribution in [2.45, 2.75) is 27.7 Å². The predicted octanol–water partition coefficient (Wildman–Crippen LogP) is 7.18. The molecule has 0 aliphatic carbocycles. The molecule has 0 aliphatic rings. The first-order chi connectivity index (χ1) is 20.7. The van der Waals surface area contributed by atoms with Crippen LogP contribution in [0.2, 0.25) is 5.02 Å². The SMILES string of the molecule is CCN(CC)CCN(C)C(=O)c1ccc(Nc2nc(OC(=O)Nc3ccccc3Cl)cc(-c3cccc(C)c3C)n2)cc1. The van der Waals surface area contributed by atoms with Crippen molar-refractivity contribution < 1.29 is 14.3 Å². The normalized spacial score (nSPS) is 10.9. The van der Waals surface area contributed by atoms with Crippen LogP contribution in [0.15, 0.2) is 72.8 Å². The zero-order valence-electron chi connectivity index (χ0n) is 25.1. The van der Waals surface area contributed by atoms with Crippen LogP contribution in [0.1, 0.15) is 35.3 Å². The van der Waals surface area contributed by atoms with Crippen LogP contribution in [0.3, 0.4) is 0 Å². The smallest absolute Gasteiger partial charge is 0.391 e. The van der Waals surface area contributed by atoms with Crippen molar-refractivity contribution in [1.29, 1.82) is 0 Å². The molecule has 10 heteroatoms. The third-order valence-corrected chi connectivity index (χ3v) is 7.60. The molecule has 0 radical (unpaired) electrons. The Hall–Kier alpha value is -4.47. The number of hydrogen-bond acceptors (Lipinski definition) is 7. The standard InChI is InChI=1S/C33H37ClN6O3/c1-6-40(7-2)20-19-39(5)31(41)24-15-17-25(18-16-24)35-32-36-29(26-12-10-11-22(3)23(26)4)21-30(38-32)43-33(42)37-28-14-9-8-13-27(28)34/h8-18,21H,6-7,19-20H2,1-5H3,(H,37,42)(H,35,36,38). The van der Waals surface area contributed by atoms with Crippen LogP contribution in [-0.2, 0) is 0 Å². The number of carbonyl (C=O) groups excluding carboxylic acids is 2. The van der Waals surface area contributed by atoms with Crippen molar-refractivity contribution in [2.75, 3.05) is 43.9 Å². The van der Waals surface area contributed by atoms with E-state index in [-0.39, 0.29) is 17.7 Å². The van der Waals surface area contributed by atoms with Gasteiger partial charge in [0.15, 0.2) is 0 Å². The van der Waals surface area contributed by atoms with E-state index in [0.29, 0.717) is 34.2 Å². The second-order valence-corrected chi connectivity index (χ2v) is 10.5. The molecule has 3 aromatic carbocycles. The first-order valence-electron chi connectivity index (χ1n) is 14.2. The molecule has 0 fully saturated rings. The van der Waals surface area contributed by atoms with E-state index >= 15 is 0 Å². The lowest BCUT2D eigenvalue weighted by Crippen LogP contribution is -2.36. The molecule has 0 unspecified atom stereocenters. The highest BCUT2D eigenvalue weighted by atomic mass is 35.5. The van der Waals surface area contributed by atoms with E-state index in [0.717, 1.165) is 36.3 Å². The number of hydrogen-bond donors (Lipinski definition) is 2. The Labute approximate surface area is 257 Å². The highest BCUT2D eigenvalue weighted by Gasteiger charge is 2.16. The van der Waals surface area contributed by atoms with Crippen molar-refractivity contribution in [1.82, 2.24) is 19.8 Å². The fourth-order valence-corrected chi connectivity index (χ4v) is 4.65. The Morgan fingerprint density at radius 1 is 0.907 bits per heavy atom. The number of para-hydroxylation sites is 1. The van der Waals surface area contributed by atoms with Crippen LogP contribution < -0.4 is 15.4 Å². The number of amides is 2. The molecule has 2 N–H and O–H groups in total. The summed E-state index contributed by atoms with van der Waals surface area (Å²) < 4.78 is 5.56. The molecule has 4 aromatic rings. The topological polar surface area (TPSA) is 99.7 Å². The molecular weight excluding hydrogens is 564 g/mol. The molecule has 0 bridgehead atoms. The molecule has 0 saturated heterocycles. The minimum absolute atomic E-state index is 0.0490. The number of halogens is 1. The van der Waals surface area contributed by atoms with Gasteiger partial charge in [-0.15, -0.1) is 0 Å². The van der Waals surface area contributed by atoms with Gasteiger partial charge in [0.1, 0.15) is 0 Å². The van der Waals surface area contributed by atoms with Gasteiger partial charge in [-0.2, -0.15) is 4.98 Å². The molecule has 0 saturated carbocycles. The molecule has 1 heterocycles. The number of rotatable bonds is 11. The summed E-state index contributed by atoms with van der Waals surface area (Å²) in [4.78, 5) is 38.9. The van der Waals surface area contributed by atoms with Gasteiger partial charge in [-0.25, -0.2) is 9.78 Å². The maximum absolute atomic E-state index is 13.0. The largest absolute Gasteiger partial charge is 0.418 e. The fraction of sp³-hybridized carbons (Fsp3) is 0.273. The zero-order valence-corrected chi connectivity index (χ0v) is 25.9. The molecule has 43 heavy (non-hydrogen) atoms. The summed E-state index contributed by atoms with van der Waals surface area (Å²) in [6, 6.07) is 21.6. The van der Waals surface area contributed by atoms with Gasteiger partial charge in [0, 0.05) is 43.0 Å². The summed E-state index contributed by atoms with van der Waals surface area (Å²) in [5.74, 6) is 0.237. The van der Waals surface area contributed by atoms with Crippen molar-refractivity contribution in [3.8, 4) is 17.1 Å². The Morgan fingerprint density at radius 3 is 2.33 bits per heavy atom. The van der Waals surface area contributed by atoms with E-state index in [1.807, 2.05) is 39.1 Å². The third kappa shape index (κ3) is 8.30. The van der Waals surface area contributed by atoms with Crippen LogP contribution in [-0.4, -0.2) is 65.0 Å². The Bertz CT molecular complexity index is 1570. The Kier molecular flexibility index (Phi) is 10.7. The van der Waals surface area contributed by atoms with Gasteiger partial charge < -0.3 is 19.9 Å². The molecule has 0 spiro atoms. The fourth-order valence-electron chi connectivity index (χ4n) is 4.47. The number of ether oxygens (including phenoxy) is 1. The van der Waals surface area contributed by atoms with Crippen molar-refractivity contribution >= 4 is 40.9 Å². The zero-order chi connectivity index (χ0) is 30.9. The van der Waals surface area contributed by atoms with Gasteiger partial charge >= 0.3 is 6.09 Å². The van der Waals surface area contributed by atoms with Gasteiger partial charge in [0.25, 0.3) is 5.91 Å². The minimum atomic E-state index is -0.738. The number of anilines is 3. The number of likely N-dealkylation sites (N-methyl/N-ethyl adjacent to an activating group) is 2. The third-order valence-electron chi connectivity index (χ3n) is 7.27. The van der Waals surface area contributed by atoms with E-state index in [1.54, 1.807) is 59.5 Å². The summed E-state index contributed by atoms with van der Waals surface area (Å²) in [5, 5.41) is 6.21. The van der Waals surface area contributed by atoms with Crippen LogP contribution in [0.5, 0.6) is 5.88 Å². The monoisotopic (exact) mass is 600 g/mol. The quantitative estimate of drug-likeness (QED) is 0.188. The van der Waals surface area contributed by atoms with Crippen molar-refractivity contribution in [3.05, 3.63) is 94.5 Å². The molecule has 0 atom stereocenters. The molecule has 1 aromatic heterocycles. The molecular formula is C33H37ClN6O3. The summed E-state index contributed by atoms with van der Waals surface area (Å²) in [6.07, 6.45) is -0.738. The van der Waals surface area contributed by atoms with Gasteiger partial charge in [-0.3, -0.25) is 10.1 Å². The molecule has 2 amide bonds. The number of benzene rings is 3. The first-order valence-corrected chi connectivity index (χ1v) is 14.6. The number of carbonyl (C=O) groups is 2. The van der Waals surface area contributed by atoms with Crippen molar-refractivity contribution in [2.24, 2.45) is 0 Å². The maximum atomic E-state index is 13.0. The van der Waals surface area contributed by atoms with E-state index in [4.69, 9.17) is 21.3 Å². The minimum Gasteiger partial charge on any atom is -0.391 e.